The second-order valence-electron chi connectivity index (χ2n) is 2.77. The van der Waals surface area contributed by atoms with Crippen molar-refractivity contribution < 1.29 is 14.6 Å². The maximum atomic E-state index is 11.1. The van der Waals surface area contributed by atoms with Gasteiger partial charge in [0.1, 0.15) is 6.10 Å². The number of esters is 1. The van der Waals surface area contributed by atoms with Crippen LogP contribution in [-0.2, 0) is 9.53 Å². The molecular weight excluding hydrogens is 188 g/mol. The summed E-state index contributed by atoms with van der Waals surface area (Å²) in [6.07, 6.45) is -0.757. The largest absolute Gasteiger partial charge is 0.469 e. The van der Waals surface area contributed by atoms with E-state index in [1.807, 2.05) is 11.4 Å². The number of methoxy groups -OCH3 is 1. The Labute approximate surface area is 81.0 Å². The molecule has 0 saturated carbocycles. The van der Waals surface area contributed by atoms with E-state index in [0.717, 1.165) is 4.88 Å². The zero-order valence-electron chi connectivity index (χ0n) is 7.56. The van der Waals surface area contributed by atoms with Crippen molar-refractivity contribution in [3.05, 3.63) is 22.4 Å². The van der Waals surface area contributed by atoms with E-state index in [0.29, 0.717) is 0 Å². The van der Waals surface area contributed by atoms with Gasteiger partial charge in [0.25, 0.3) is 0 Å². The lowest BCUT2D eigenvalue weighted by molar-refractivity contribution is -0.148. The quantitative estimate of drug-likeness (QED) is 0.754. The van der Waals surface area contributed by atoms with Crippen molar-refractivity contribution in [2.45, 2.75) is 13.0 Å². The Balaban J connectivity index is 2.68. The number of carbonyl (C=O) groups is 1. The molecule has 3 nitrogen and oxygen atoms in total. The number of ether oxygens (including phenoxy) is 1. The first-order valence-corrected chi connectivity index (χ1v) is 4.84. The molecule has 0 aromatic carbocycles. The molecule has 0 bridgehead atoms. The summed E-state index contributed by atoms with van der Waals surface area (Å²) >= 11 is 1.43. The molecule has 0 radical (unpaired) electrons. The summed E-state index contributed by atoms with van der Waals surface area (Å²) in [5, 5.41) is 11.6. The molecule has 0 saturated heterocycles. The van der Waals surface area contributed by atoms with E-state index >= 15 is 0 Å². The van der Waals surface area contributed by atoms with Gasteiger partial charge >= 0.3 is 5.97 Å². The lowest BCUT2D eigenvalue weighted by Gasteiger charge is -2.14. The Morgan fingerprint density at radius 1 is 1.69 bits per heavy atom. The van der Waals surface area contributed by atoms with Crippen LogP contribution in [-0.4, -0.2) is 18.2 Å². The fourth-order valence-corrected chi connectivity index (χ4v) is 1.84. The van der Waals surface area contributed by atoms with Crippen molar-refractivity contribution in [3.8, 4) is 0 Å². The molecular formula is C9H12O3S. The maximum Gasteiger partial charge on any atom is 0.311 e. The molecule has 1 aromatic heterocycles. The molecule has 1 heterocycles. The van der Waals surface area contributed by atoms with E-state index in [-0.39, 0.29) is 5.97 Å². The second kappa shape index (κ2) is 4.39. The fraction of sp³-hybridized carbons (Fsp3) is 0.444. The van der Waals surface area contributed by atoms with Crippen molar-refractivity contribution in [1.82, 2.24) is 0 Å². The molecule has 0 amide bonds. The van der Waals surface area contributed by atoms with Crippen molar-refractivity contribution >= 4 is 17.3 Å². The van der Waals surface area contributed by atoms with E-state index in [2.05, 4.69) is 4.74 Å². The maximum absolute atomic E-state index is 11.1. The van der Waals surface area contributed by atoms with Gasteiger partial charge in [0, 0.05) is 4.88 Å². The zero-order chi connectivity index (χ0) is 9.84. The van der Waals surface area contributed by atoms with Gasteiger partial charge in [-0.15, -0.1) is 11.3 Å². The Hall–Kier alpha value is -0.870. The van der Waals surface area contributed by atoms with Crippen LogP contribution in [0.5, 0.6) is 0 Å². The highest BCUT2D eigenvalue weighted by atomic mass is 32.1. The van der Waals surface area contributed by atoms with Crippen molar-refractivity contribution in [3.63, 3.8) is 0 Å². The Bertz CT molecular complexity index is 268. The molecule has 2 atom stereocenters. The number of hydrogen-bond acceptors (Lipinski definition) is 4. The highest BCUT2D eigenvalue weighted by molar-refractivity contribution is 7.10. The Morgan fingerprint density at radius 3 is 2.85 bits per heavy atom. The molecule has 1 aromatic rings. The van der Waals surface area contributed by atoms with Gasteiger partial charge in [-0.05, 0) is 18.4 Å². The third-order valence-electron chi connectivity index (χ3n) is 1.88. The average molecular weight is 200 g/mol. The van der Waals surface area contributed by atoms with Crippen LogP contribution in [0.3, 0.4) is 0 Å². The number of thiophene rings is 1. The standard InChI is InChI=1S/C9H12O3S/c1-6(9(11)12-2)8(10)7-4-3-5-13-7/h3-6,8,10H,1-2H3. The van der Waals surface area contributed by atoms with Crippen molar-refractivity contribution in [1.29, 1.82) is 0 Å². The molecule has 13 heavy (non-hydrogen) atoms. The second-order valence-corrected chi connectivity index (χ2v) is 3.75. The van der Waals surface area contributed by atoms with Crippen LogP contribution in [0.15, 0.2) is 17.5 Å². The normalized spacial score (nSPS) is 15.0. The van der Waals surface area contributed by atoms with Gasteiger partial charge in [0.05, 0.1) is 13.0 Å². The minimum Gasteiger partial charge on any atom is -0.469 e. The predicted octanol–water partition coefficient (Wildman–Crippen LogP) is 1.59. The van der Waals surface area contributed by atoms with Crippen LogP contribution >= 0.6 is 11.3 Å². The molecule has 0 fully saturated rings. The zero-order valence-corrected chi connectivity index (χ0v) is 8.38. The summed E-state index contributed by atoms with van der Waals surface area (Å²) in [6, 6.07) is 3.64. The summed E-state index contributed by atoms with van der Waals surface area (Å²) in [4.78, 5) is 11.9. The van der Waals surface area contributed by atoms with Crippen LogP contribution in [0.4, 0.5) is 0 Å². The molecule has 72 valence electrons. The lowest BCUT2D eigenvalue weighted by Crippen LogP contribution is -2.19. The van der Waals surface area contributed by atoms with Gasteiger partial charge in [-0.3, -0.25) is 4.79 Å². The highest BCUT2D eigenvalue weighted by Crippen LogP contribution is 2.26. The number of aliphatic hydroxyl groups is 1. The van der Waals surface area contributed by atoms with Crippen molar-refractivity contribution in [2.75, 3.05) is 7.11 Å². The number of carbonyl (C=O) groups excluding carboxylic acids is 1. The van der Waals surface area contributed by atoms with Crippen LogP contribution in [0, 0.1) is 5.92 Å². The average Bonchev–Trinajstić information content (AvgIpc) is 2.67. The monoisotopic (exact) mass is 200 g/mol. The van der Waals surface area contributed by atoms with Gasteiger partial charge in [-0.1, -0.05) is 6.07 Å². The van der Waals surface area contributed by atoms with Gasteiger partial charge in [-0.2, -0.15) is 0 Å². The molecule has 0 aliphatic carbocycles. The first-order chi connectivity index (χ1) is 6.16. The summed E-state index contributed by atoms with van der Waals surface area (Å²) in [5.74, 6) is -0.899. The smallest absolute Gasteiger partial charge is 0.311 e. The Morgan fingerprint density at radius 2 is 2.38 bits per heavy atom. The molecule has 2 unspecified atom stereocenters. The van der Waals surface area contributed by atoms with Crippen LogP contribution in [0.25, 0.3) is 0 Å². The van der Waals surface area contributed by atoms with Crippen LogP contribution in [0.2, 0.25) is 0 Å². The minimum atomic E-state index is -0.757. The fourth-order valence-electron chi connectivity index (χ4n) is 1.02. The number of aliphatic hydroxyl groups excluding tert-OH is 1. The third-order valence-corrected chi connectivity index (χ3v) is 2.82. The first-order valence-electron chi connectivity index (χ1n) is 3.96. The summed E-state index contributed by atoms with van der Waals surface area (Å²) in [6.45, 7) is 1.65. The van der Waals surface area contributed by atoms with Gasteiger partial charge in [-0.25, -0.2) is 0 Å². The number of hydrogen-bond donors (Lipinski definition) is 1. The van der Waals surface area contributed by atoms with Crippen LogP contribution in [0.1, 0.15) is 17.9 Å². The van der Waals surface area contributed by atoms with E-state index in [4.69, 9.17) is 0 Å². The molecule has 0 spiro atoms. The number of rotatable bonds is 3. The molecule has 1 N–H and O–H groups in total. The highest BCUT2D eigenvalue weighted by Gasteiger charge is 2.24. The molecule has 0 aliphatic heterocycles. The Kier molecular flexibility index (Phi) is 3.45. The molecule has 1 rings (SSSR count). The summed E-state index contributed by atoms with van der Waals surface area (Å²) in [7, 11) is 1.32. The van der Waals surface area contributed by atoms with E-state index < -0.39 is 12.0 Å². The van der Waals surface area contributed by atoms with Gasteiger partial charge < -0.3 is 9.84 Å². The molecule has 0 aliphatic rings. The SMILES string of the molecule is COC(=O)C(C)C(O)c1cccs1. The van der Waals surface area contributed by atoms with E-state index in [9.17, 15) is 9.90 Å². The third kappa shape index (κ3) is 2.29. The lowest BCUT2D eigenvalue weighted by atomic mass is 10.0. The predicted molar refractivity (Wildman–Crippen MR) is 50.5 cm³/mol. The topological polar surface area (TPSA) is 46.5 Å². The minimum absolute atomic E-state index is 0.388. The van der Waals surface area contributed by atoms with Gasteiger partial charge in [0.15, 0.2) is 0 Å². The van der Waals surface area contributed by atoms with E-state index in [1.54, 1.807) is 13.0 Å². The molecule has 4 heteroatoms. The summed E-state index contributed by atoms with van der Waals surface area (Å²) in [5.41, 5.74) is 0. The van der Waals surface area contributed by atoms with Crippen LogP contribution < -0.4 is 0 Å². The summed E-state index contributed by atoms with van der Waals surface area (Å²) < 4.78 is 4.54. The van der Waals surface area contributed by atoms with Crippen molar-refractivity contribution in [2.24, 2.45) is 5.92 Å². The first kappa shape index (κ1) is 10.2. The van der Waals surface area contributed by atoms with Gasteiger partial charge in [0.2, 0.25) is 0 Å². The van der Waals surface area contributed by atoms with E-state index in [1.165, 1.54) is 18.4 Å².